The van der Waals surface area contributed by atoms with Gasteiger partial charge >= 0.3 is 12.1 Å². The number of rotatable bonds is 13. The van der Waals surface area contributed by atoms with Crippen LogP contribution in [0.4, 0.5) is 4.79 Å². The molecule has 0 aliphatic rings. The smallest absolute Gasteiger partial charge is 0.410 e. The largest absolute Gasteiger partial charge is 0.480 e. The molecule has 0 aromatic heterocycles. The van der Waals surface area contributed by atoms with Crippen molar-refractivity contribution in [2.24, 2.45) is 0 Å². The lowest BCUT2D eigenvalue weighted by atomic mass is 10.2. The molecule has 0 saturated carbocycles. The molecule has 0 heterocycles. The zero-order valence-corrected chi connectivity index (χ0v) is 15.2. The number of aliphatic carboxylic acids is 1. The molecular formula is C16H31NO7. The molecule has 0 aliphatic carbocycles. The van der Waals surface area contributed by atoms with Crippen LogP contribution in [0.5, 0.6) is 0 Å². The van der Waals surface area contributed by atoms with Crippen LogP contribution in [0.15, 0.2) is 0 Å². The highest BCUT2D eigenvalue weighted by Crippen LogP contribution is 2.09. The lowest BCUT2D eigenvalue weighted by molar-refractivity contribution is -0.138. The van der Waals surface area contributed by atoms with Crippen molar-refractivity contribution < 1.29 is 33.6 Å². The van der Waals surface area contributed by atoms with Gasteiger partial charge in [-0.2, -0.15) is 0 Å². The molecule has 24 heavy (non-hydrogen) atoms. The Morgan fingerprint density at radius 2 is 1.42 bits per heavy atom. The van der Waals surface area contributed by atoms with Crippen LogP contribution in [0.2, 0.25) is 0 Å². The maximum absolute atomic E-state index is 11.9. The van der Waals surface area contributed by atoms with Gasteiger partial charge in [0, 0.05) is 13.2 Å². The van der Waals surface area contributed by atoms with E-state index in [2.05, 4.69) is 0 Å². The predicted molar refractivity (Wildman–Crippen MR) is 88.2 cm³/mol. The van der Waals surface area contributed by atoms with Crippen LogP contribution in [0, 0.1) is 0 Å². The van der Waals surface area contributed by atoms with Crippen LogP contribution in [0.1, 0.15) is 34.1 Å². The summed E-state index contributed by atoms with van der Waals surface area (Å²) < 4.78 is 21.1. The third-order valence-electron chi connectivity index (χ3n) is 2.58. The molecule has 0 spiro atoms. The molecule has 0 saturated heterocycles. The van der Waals surface area contributed by atoms with E-state index in [9.17, 15) is 9.59 Å². The first-order valence-electron chi connectivity index (χ1n) is 8.19. The Morgan fingerprint density at radius 3 is 1.88 bits per heavy atom. The minimum absolute atomic E-state index is 0.140. The molecule has 0 aromatic rings. The van der Waals surface area contributed by atoms with Crippen molar-refractivity contribution in [3.63, 3.8) is 0 Å². The van der Waals surface area contributed by atoms with Gasteiger partial charge in [-0.15, -0.1) is 0 Å². The normalized spacial score (nSPS) is 11.3. The van der Waals surface area contributed by atoms with E-state index < -0.39 is 24.2 Å². The SMILES string of the molecule is CCCOCCOCCOCCN(CC(=O)O)C(=O)OC(C)(C)C. The van der Waals surface area contributed by atoms with Crippen molar-refractivity contribution in [2.75, 3.05) is 52.7 Å². The molecule has 0 unspecified atom stereocenters. The van der Waals surface area contributed by atoms with Crippen LogP contribution in [0.3, 0.4) is 0 Å². The number of hydrogen-bond acceptors (Lipinski definition) is 6. The van der Waals surface area contributed by atoms with Gasteiger partial charge in [0.15, 0.2) is 0 Å². The van der Waals surface area contributed by atoms with E-state index >= 15 is 0 Å². The highest BCUT2D eigenvalue weighted by Gasteiger charge is 2.23. The van der Waals surface area contributed by atoms with Gasteiger partial charge in [0.2, 0.25) is 0 Å². The van der Waals surface area contributed by atoms with Crippen LogP contribution in [-0.2, 0) is 23.7 Å². The number of amides is 1. The third kappa shape index (κ3) is 14.2. The van der Waals surface area contributed by atoms with Crippen molar-refractivity contribution in [1.29, 1.82) is 0 Å². The molecule has 0 bridgehead atoms. The fourth-order valence-corrected chi connectivity index (χ4v) is 1.59. The topological polar surface area (TPSA) is 94.5 Å². The second-order valence-corrected chi connectivity index (χ2v) is 6.13. The third-order valence-corrected chi connectivity index (χ3v) is 2.58. The Bertz CT molecular complexity index is 355. The minimum Gasteiger partial charge on any atom is -0.480 e. The minimum atomic E-state index is -1.10. The molecule has 0 aliphatic heterocycles. The number of carbonyl (C=O) groups is 2. The lowest BCUT2D eigenvalue weighted by Gasteiger charge is -2.26. The van der Waals surface area contributed by atoms with E-state index in [1.165, 1.54) is 0 Å². The maximum atomic E-state index is 11.9. The summed E-state index contributed by atoms with van der Waals surface area (Å²) in [7, 11) is 0. The second kappa shape index (κ2) is 13.0. The van der Waals surface area contributed by atoms with Gasteiger partial charge in [-0.05, 0) is 27.2 Å². The van der Waals surface area contributed by atoms with Crippen molar-refractivity contribution in [2.45, 2.75) is 39.7 Å². The lowest BCUT2D eigenvalue weighted by Crippen LogP contribution is -2.41. The zero-order valence-electron chi connectivity index (χ0n) is 15.2. The van der Waals surface area contributed by atoms with E-state index in [0.29, 0.717) is 26.4 Å². The Morgan fingerprint density at radius 1 is 0.917 bits per heavy atom. The number of nitrogens with zero attached hydrogens (tertiary/aromatic N) is 1. The second-order valence-electron chi connectivity index (χ2n) is 6.13. The number of hydrogen-bond donors (Lipinski definition) is 1. The first-order chi connectivity index (χ1) is 11.3. The molecule has 1 N–H and O–H groups in total. The number of carboxylic acid groups (broad SMARTS) is 1. The molecular weight excluding hydrogens is 318 g/mol. The molecule has 8 nitrogen and oxygen atoms in total. The summed E-state index contributed by atoms with van der Waals surface area (Å²) in [5.74, 6) is -1.10. The monoisotopic (exact) mass is 349 g/mol. The maximum Gasteiger partial charge on any atom is 0.410 e. The van der Waals surface area contributed by atoms with Gasteiger partial charge < -0.3 is 24.1 Å². The summed E-state index contributed by atoms with van der Waals surface area (Å²) in [5.41, 5.74) is -0.678. The molecule has 1 amide bonds. The first kappa shape index (κ1) is 22.6. The molecule has 0 radical (unpaired) electrons. The highest BCUT2D eigenvalue weighted by atomic mass is 16.6. The van der Waals surface area contributed by atoms with E-state index in [4.69, 9.17) is 24.1 Å². The molecule has 8 heteroatoms. The van der Waals surface area contributed by atoms with E-state index in [1.807, 2.05) is 6.92 Å². The first-order valence-corrected chi connectivity index (χ1v) is 8.19. The standard InChI is InChI=1S/C16H31NO7/c1-5-7-21-9-11-23-12-10-22-8-6-17(13-14(18)19)15(20)24-16(2,3)4/h5-13H2,1-4H3,(H,18,19). The van der Waals surface area contributed by atoms with Gasteiger partial charge in [-0.3, -0.25) is 9.69 Å². The predicted octanol–water partition coefficient (Wildman–Crippen LogP) is 1.77. The molecule has 0 rings (SSSR count). The number of carbonyl (C=O) groups excluding carboxylic acids is 1. The Balaban J connectivity index is 3.87. The van der Waals surface area contributed by atoms with Crippen molar-refractivity contribution >= 4 is 12.1 Å². The van der Waals surface area contributed by atoms with Crippen molar-refractivity contribution in [3.8, 4) is 0 Å². The van der Waals surface area contributed by atoms with Crippen LogP contribution < -0.4 is 0 Å². The highest BCUT2D eigenvalue weighted by molar-refractivity contribution is 5.76. The van der Waals surface area contributed by atoms with Crippen molar-refractivity contribution in [3.05, 3.63) is 0 Å². The summed E-state index contributed by atoms with van der Waals surface area (Å²) in [6.07, 6.45) is 0.311. The summed E-state index contributed by atoms with van der Waals surface area (Å²) in [6, 6.07) is 0. The van der Waals surface area contributed by atoms with Crippen LogP contribution in [-0.4, -0.2) is 80.4 Å². The van der Waals surface area contributed by atoms with E-state index in [1.54, 1.807) is 20.8 Å². The number of ether oxygens (including phenoxy) is 4. The average Bonchev–Trinajstić information content (AvgIpc) is 2.45. The van der Waals surface area contributed by atoms with Gasteiger partial charge in [0.1, 0.15) is 12.1 Å². The van der Waals surface area contributed by atoms with E-state index in [-0.39, 0.29) is 13.2 Å². The molecule has 0 aromatic carbocycles. The Hall–Kier alpha value is -1.38. The quantitative estimate of drug-likeness (QED) is 0.506. The Labute approximate surface area is 144 Å². The molecule has 142 valence electrons. The van der Waals surface area contributed by atoms with Gasteiger partial charge in [-0.25, -0.2) is 4.79 Å². The molecule has 0 atom stereocenters. The molecule has 0 fully saturated rings. The zero-order chi connectivity index (χ0) is 18.4. The number of carboxylic acids is 1. The summed E-state index contributed by atoms with van der Waals surface area (Å²) in [4.78, 5) is 23.9. The summed E-state index contributed by atoms with van der Waals surface area (Å²) in [5, 5.41) is 8.87. The van der Waals surface area contributed by atoms with Gasteiger partial charge in [0.05, 0.1) is 33.0 Å². The average molecular weight is 349 g/mol. The Kier molecular flexibility index (Phi) is 12.2. The van der Waals surface area contributed by atoms with Gasteiger partial charge in [0.25, 0.3) is 0 Å². The van der Waals surface area contributed by atoms with E-state index in [0.717, 1.165) is 17.9 Å². The van der Waals surface area contributed by atoms with Gasteiger partial charge in [-0.1, -0.05) is 6.92 Å². The fraction of sp³-hybridized carbons (Fsp3) is 0.875. The van der Waals surface area contributed by atoms with Crippen molar-refractivity contribution in [1.82, 2.24) is 4.90 Å². The summed E-state index contributed by atoms with van der Waals surface area (Å²) in [6.45, 7) is 9.71. The van der Waals surface area contributed by atoms with Crippen LogP contribution >= 0.6 is 0 Å². The van der Waals surface area contributed by atoms with Crippen LogP contribution in [0.25, 0.3) is 0 Å². The fourth-order valence-electron chi connectivity index (χ4n) is 1.59. The summed E-state index contributed by atoms with van der Waals surface area (Å²) >= 11 is 0.